The van der Waals surface area contributed by atoms with Crippen molar-refractivity contribution < 1.29 is 4.79 Å². The van der Waals surface area contributed by atoms with Gasteiger partial charge in [-0.15, -0.1) is 0 Å². The van der Waals surface area contributed by atoms with Gasteiger partial charge in [-0.1, -0.05) is 13.8 Å². The van der Waals surface area contributed by atoms with E-state index in [2.05, 4.69) is 33.0 Å². The van der Waals surface area contributed by atoms with Gasteiger partial charge in [0.2, 0.25) is 5.91 Å². The summed E-state index contributed by atoms with van der Waals surface area (Å²) in [5, 5.41) is 3.27. The topological polar surface area (TPSA) is 32.3 Å². The second kappa shape index (κ2) is 5.50. The number of nitrogens with zero attached hydrogens (tertiary/aromatic N) is 1. The minimum Gasteiger partial charge on any atom is -0.339 e. The zero-order valence-corrected chi connectivity index (χ0v) is 10.4. The van der Waals surface area contributed by atoms with Crippen molar-refractivity contribution in [2.75, 3.05) is 13.1 Å². The van der Waals surface area contributed by atoms with Gasteiger partial charge >= 0.3 is 0 Å². The molecule has 0 aromatic heterocycles. The summed E-state index contributed by atoms with van der Waals surface area (Å²) in [5.41, 5.74) is 0. The van der Waals surface area contributed by atoms with E-state index in [0.29, 0.717) is 12.0 Å². The Hall–Kier alpha value is -0.570. The van der Waals surface area contributed by atoms with Crippen molar-refractivity contribution in [2.24, 2.45) is 5.92 Å². The average Bonchev–Trinajstić information content (AvgIpc) is 2.65. The van der Waals surface area contributed by atoms with Gasteiger partial charge in [-0.25, -0.2) is 0 Å². The summed E-state index contributed by atoms with van der Waals surface area (Å²) in [4.78, 5) is 14.2. The first kappa shape index (κ1) is 12.5. The van der Waals surface area contributed by atoms with Crippen molar-refractivity contribution >= 4 is 5.91 Å². The quantitative estimate of drug-likeness (QED) is 0.768. The lowest BCUT2D eigenvalue weighted by Crippen LogP contribution is -2.48. The van der Waals surface area contributed by atoms with Gasteiger partial charge in [0.15, 0.2) is 0 Å². The zero-order valence-electron chi connectivity index (χ0n) is 10.4. The van der Waals surface area contributed by atoms with Crippen LogP contribution in [0, 0.1) is 5.92 Å². The molecule has 1 saturated heterocycles. The normalized spacial score (nSPS) is 21.3. The molecule has 0 aliphatic carbocycles. The summed E-state index contributed by atoms with van der Waals surface area (Å²) in [6.45, 7) is 10.4. The van der Waals surface area contributed by atoms with Crippen LogP contribution in [0.3, 0.4) is 0 Å². The van der Waals surface area contributed by atoms with Gasteiger partial charge in [0.25, 0.3) is 0 Å². The third kappa shape index (κ3) is 3.49. The Morgan fingerprint density at radius 1 is 1.40 bits per heavy atom. The molecule has 0 aromatic carbocycles. The van der Waals surface area contributed by atoms with E-state index >= 15 is 0 Å². The fourth-order valence-corrected chi connectivity index (χ4v) is 2.04. The maximum Gasteiger partial charge on any atom is 0.239 e. The largest absolute Gasteiger partial charge is 0.339 e. The number of hydrogen-bond acceptors (Lipinski definition) is 2. The predicted octanol–water partition coefficient (Wildman–Crippen LogP) is 1.63. The molecule has 1 rings (SSSR count). The highest BCUT2D eigenvalue weighted by atomic mass is 16.2. The van der Waals surface area contributed by atoms with Gasteiger partial charge in [-0.2, -0.15) is 0 Å². The molecule has 1 N–H and O–H groups in total. The third-order valence-electron chi connectivity index (χ3n) is 2.83. The summed E-state index contributed by atoms with van der Waals surface area (Å²) in [6, 6.07) is 0.383. The van der Waals surface area contributed by atoms with Gasteiger partial charge < -0.3 is 10.2 Å². The number of carbonyl (C=O) groups is 1. The Morgan fingerprint density at radius 2 is 2.07 bits per heavy atom. The van der Waals surface area contributed by atoms with E-state index in [0.717, 1.165) is 25.9 Å². The van der Waals surface area contributed by atoms with E-state index in [9.17, 15) is 4.79 Å². The molecule has 1 unspecified atom stereocenters. The van der Waals surface area contributed by atoms with Gasteiger partial charge in [-0.05, 0) is 39.2 Å². The standard InChI is InChI=1S/C12H24N2O/c1-9(2)8-14(10(3)4)12(15)11-6-5-7-13-11/h9-11,13H,5-8H2,1-4H3. The van der Waals surface area contributed by atoms with E-state index in [1.807, 2.05) is 4.90 Å². The molecule has 1 aliphatic heterocycles. The molecule has 1 heterocycles. The minimum atomic E-state index is 0.0751. The molecule has 0 bridgehead atoms. The van der Waals surface area contributed by atoms with Crippen LogP contribution in [0.1, 0.15) is 40.5 Å². The number of hydrogen-bond donors (Lipinski definition) is 1. The smallest absolute Gasteiger partial charge is 0.239 e. The predicted molar refractivity (Wildman–Crippen MR) is 62.7 cm³/mol. The van der Waals surface area contributed by atoms with E-state index in [1.165, 1.54) is 0 Å². The van der Waals surface area contributed by atoms with E-state index in [4.69, 9.17) is 0 Å². The molecule has 1 fully saturated rings. The van der Waals surface area contributed by atoms with Crippen LogP contribution in [0.4, 0.5) is 0 Å². The molecular weight excluding hydrogens is 188 g/mol. The first-order chi connectivity index (χ1) is 7.02. The molecule has 3 heteroatoms. The van der Waals surface area contributed by atoms with Crippen molar-refractivity contribution in [1.29, 1.82) is 0 Å². The highest BCUT2D eigenvalue weighted by Crippen LogP contribution is 2.12. The SMILES string of the molecule is CC(C)CN(C(=O)C1CCCN1)C(C)C. The molecule has 0 radical (unpaired) electrons. The molecular formula is C12H24N2O. The van der Waals surface area contributed by atoms with E-state index in [-0.39, 0.29) is 11.9 Å². The number of amides is 1. The van der Waals surface area contributed by atoms with Crippen molar-refractivity contribution in [3.05, 3.63) is 0 Å². The van der Waals surface area contributed by atoms with Crippen LogP contribution in [0.15, 0.2) is 0 Å². The molecule has 1 atom stereocenters. The second-order valence-corrected chi connectivity index (χ2v) is 5.13. The third-order valence-corrected chi connectivity index (χ3v) is 2.83. The van der Waals surface area contributed by atoms with Gasteiger partial charge in [-0.3, -0.25) is 4.79 Å². The van der Waals surface area contributed by atoms with E-state index in [1.54, 1.807) is 0 Å². The molecule has 1 amide bonds. The van der Waals surface area contributed by atoms with Gasteiger partial charge in [0.05, 0.1) is 6.04 Å². The summed E-state index contributed by atoms with van der Waals surface area (Å²) in [6.07, 6.45) is 2.13. The molecule has 0 spiro atoms. The Morgan fingerprint density at radius 3 is 2.47 bits per heavy atom. The Labute approximate surface area is 93.2 Å². The fourth-order valence-electron chi connectivity index (χ4n) is 2.04. The monoisotopic (exact) mass is 212 g/mol. The lowest BCUT2D eigenvalue weighted by molar-refractivity contribution is -0.135. The lowest BCUT2D eigenvalue weighted by atomic mass is 10.1. The molecule has 15 heavy (non-hydrogen) atoms. The molecule has 3 nitrogen and oxygen atoms in total. The zero-order chi connectivity index (χ0) is 11.4. The summed E-state index contributed by atoms with van der Waals surface area (Å²) in [7, 11) is 0. The maximum atomic E-state index is 12.2. The van der Waals surface area contributed by atoms with Crippen molar-refractivity contribution in [3.8, 4) is 0 Å². The maximum absolute atomic E-state index is 12.2. The number of carbonyl (C=O) groups excluding carboxylic acids is 1. The molecule has 0 saturated carbocycles. The second-order valence-electron chi connectivity index (χ2n) is 5.13. The van der Waals surface area contributed by atoms with Crippen LogP contribution >= 0.6 is 0 Å². The van der Waals surface area contributed by atoms with Crippen LogP contribution in [-0.4, -0.2) is 36.0 Å². The number of rotatable bonds is 4. The van der Waals surface area contributed by atoms with Crippen LogP contribution in [0.5, 0.6) is 0 Å². The lowest BCUT2D eigenvalue weighted by Gasteiger charge is -2.30. The first-order valence-corrected chi connectivity index (χ1v) is 6.06. The van der Waals surface area contributed by atoms with Gasteiger partial charge in [0, 0.05) is 12.6 Å². The molecule has 0 aromatic rings. The summed E-state index contributed by atoms with van der Waals surface area (Å²) < 4.78 is 0. The molecule has 88 valence electrons. The summed E-state index contributed by atoms with van der Waals surface area (Å²) >= 11 is 0. The summed E-state index contributed by atoms with van der Waals surface area (Å²) in [5.74, 6) is 0.828. The highest BCUT2D eigenvalue weighted by Gasteiger charge is 2.28. The highest BCUT2D eigenvalue weighted by molar-refractivity contribution is 5.82. The Bertz CT molecular complexity index is 208. The first-order valence-electron chi connectivity index (χ1n) is 6.06. The average molecular weight is 212 g/mol. The Balaban J connectivity index is 2.57. The number of nitrogens with one attached hydrogen (secondary N) is 1. The van der Waals surface area contributed by atoms with Crippen LogP contribution < -0.4 is 5.32 Å². The van der Waals surface area contributed by atoms with E-state index < -0.39 is 0 Å². The van der Waals surface area contributed by atoms with Crippen molar-refractivity contribution in [3.63, 3.8) is 0 Å². The van der Waals surface area contributed by atoms with Crippen LogP contribution in [-0.2, 0) is 4.79 Å². The fraction of sp³-hybridized carbons (Fsp3) is 0.917. The van der Waals surface area contributed by atoms with Gasteiger partial charge in [0.1, 0.15) is 0 Å². The molecule has 1 aliphatic rings. The van der Waals surface area contributed by atoms with Crippen molar-refractivity contribution in [2.45, 2.75) is 52.6 Å². The van der Waals surface area contributed by atoms with Crippen LogP contribution in [0.25, 0.3) is 0 Å². The Kier molecular flexibility index (Phi) is 4.58. The van der Waals surface area contributed by atoms with Crippen LogP contribution in [0.2, 0.25) is 0 Å². The van der Waals surface area contributed by atoms with Crippen molar-refractivity contribution in [1.82, 2.24) is 10.2 Å². The minimum absolute atomic E-state index is 0.0751.